The van der Waals surface area contributed by atoms with Gasteiger partial charge in [0, 0.05) is 13.1 Å². The quantitative estimate of drug-likeness (QED) is 0.732. The summed E-state index contributed by atoms with van der Waals surface area (Å²) in [5.41, 5.74) is 4.39. The zero-order valence-corrected chi connectivity index (χ0v) is 13.7. The van der Waals surface area contributed by atoms with E-state index in [-0.39, 0.29) is 31.2 Å². The lowest BCUT2D eigenvalue weighted by Crippen LogP contribution is -2.40. The topological polar surface area (TPSA) is 116 Å². The molecule has 24 heavy (non-hydrogen) atoms. The molecule has 0 aliphatic carbocycles. The lowest BCUT2D eigenvalue weighted by Gasteiger charge is -2.26. The van der Waals surface area contributed by atoms with E-state index >= 15 is 0 Å². The first-order valence-electron chi connectivity index (χ1n) is 7.11. The van der Waals surface area contributed by atoms with Gasteiger partial charge in [0.15, 0.2) is 6.10 Å². The van der Waals surface area contributed by atoms with E-state index in [1.165, 1.54) is 11.2 Å². The number of nitrogens with two attached hydrogens (primary N) is 1. The van der Waals surface area contributed by atoms with Crippen molar-refractivity contribution in [2.75, 3.05) is 26.3 Å². The first-order valence-corrected chi connectivity index (χ1v) is 8.55. The second-order valence-corrected chi connectivity index (χ2v) is 7.05. The number of sulfonamides is 1. The molecule has 2 N–H and O–H groups in total. The molecule has 1 aromatic carbocycles. The molecule has 1 amide bonds. The Bertz CT molecular complexity index is 746. The van der Waals surface area contributed by atoms with Crippen molar-refractivity contribution in [3.63, 3.8) is 0 Å². The molecule has 1 fully saturated rings. The Morgan fingerprint density at radius 1 is 1.33 bits per heavy atom. The zero-order chi connectivity index (χ0) is 17.9. The van der Waals surface area contributed by atoms with Crippen LogP contribution >= 0.6 is 0 Å². The number of amides is 1. The van der Waals surface area contributed by atoms with Gasteiger partial charge in [-0.2, -0.15) is 4.31 Å². The molecule has 1 aromatic rings. The fraction of sp³-hybridized carbons (Fsp3) is 0.429. The minimum atomic E-state index is -3.89. The molecule has 1 aliphatic heterocycles. The van der Waals surface area contributed by atoms with Crippen LogP contribution in [0.15, 0.2) is 23.1 Å². The zero-order valence-electron chi connectivity index (χ0n) is 12.9. The van der Waals surface area contributed by atoms with Gasteiger partial charge >= 0.3 is 5.97 Å². The minimum Gasteiger partial charge on any atom is -0.449 e. The lowest BCUT2D eigenvalue weighted by molar-refractivity contribution is -0.125. The number of rotatable bonds is 5. The van der Waals surface area contributed by atoms with Crippen LogP contribution in [-0.4, -0.2) is 57.0 Å². The van der Waals surface area contributed by atoms with Gasteiger partial charge in [0.25, 0.3) is 5.91 Å². The van der Waals surface area contributed by atoms with Crippen molar-refractivity contribution < 1.29 is 31.9 Å². The molecule has 1 atom stereocenters. The summed E-state index contributed by atoms with van der Waals surface area (Å²) in [6.45, 7) is 2.07. The highest BCUT2D eigenvalue weighted by Gasteiger charge is 2.28. The highest BCUT2D eigenvalue weighted by molar-refractivity contribution is 7.89. The molecule has 132 valence electrons. The number of carbonyl (C=O) groups excluding carboxylic acids is 2. The van der Waals surface area contributed by atoms with E-state index in [0.717, 1.165) is 18.2 Å². The van der Waals surface area contributed by atoms with Crippen molar-refractivity contribution in [1.82, 2.24) is 4.31 Å². The number of morpholine rings is 1. The maximum Gasteiger partial charge on any atom is 0.341 e. The molecule has 1 heterocycles. The van der Waals surface area contributed by atoms with Crippen molar-refractivity contribution in [3.05, 3.63) is 29.6 Å². The lowest BCUT2D eigenvalue weighted by atomic mass is 10.2. The van der Waals surface area contributed by atoms with Gasteiger partial charge in [-0.15, -0.1) is 0 Å². The van der Waals surface area contributed by atoms with Gasteiger partial charge in [0.05, 0.1) is 23.7 Å². The molecular formula is C14H17FN2O6S. The Hall–Kier alpha value is -2.04. The minimum absolute atomic E-state index is 0.165. The normalized spacial score (nSPS) is 17.2. The van der Waals surface area contributed by atoms with E-state index in [0.29, 0.717) is 0 Å². The van der Waals surface area contributed by atoms with Crippen LogP contribution in [0.5, 0.6) is 0 Å². The highest BCUT2D eigenvalue weighted by atomic mass is 32.2. The molecule has 0 radical (unpaired) electrons. The predicted octanol–water partition coefficient (Wildman–Crippen LogP) is -0.123. The van der Waals surface area contributed by atoms with Gasteiger partial charge in [-0.1, -0.05) is 0 Å². The number of halogens is 1. The number of carbonyl (C=O) groups is 2. The Morgan fingerprint density at radius 3 is 2.54 bits per heavy atom. The molecule has 0 aromatic heterocycles. The third kappa shape index (κ3) is 3.89. The van der Waals surface area contributed by atoms with Gasteiger partial charge in [-0.25, -0.2) is 17.6 Å². The van der Waals surface area contributed by atoms with Gasteiger partial charge in [0.2, 0.25) is 10.0 Å². The number of nitrogens with zero attached hydrogens (tertiary/aromatic N) is 1. The van der Waals surface area contributed by atoms with Crippen molar-refractivity contribution in [3.8, 4) is 0 Å². The molecule has 0 saturated carbocycles. The van der Waals surface area contributed by atoms with E-state index in [1.54, 1.807) is 0 Å². The predicted molar refractivity (Wildman–Crippen MR) is 80.0 cm³/mol. The Labute approximate surface area is 138 Å². The first kappa shape index (κ1) is 18.3. The Morgan fingerprint density at radius 2 is 1.96 bits per heavy atom. The summed E-state index contributed by atoms with van der Waals surface area (Å²) in [5.74, 6) is -3.03. The SMILES string of the molecule is C[C@@H](OC(=O)c1cc(S(=O)(=O)N2CCOCC2)ccc1F)C(N)=O. The molecule has 2 rings (SSSR count). The first-order chi connectivity index (χ1) is 11.2. The highest BCUT2D eigenvalue weighted by Crippen LogP contribution is 2.21. The fourth-order valence-electron chi connectivity index (χ4n) is 2.04. The average Bonchev–Trinajstić information content (AvgIpc) is 2.55. The maximum absolute atomic E-state index is 13.9. The number of hydrogen-bond donors (Lipinski definition) is 1. The number of hydrogen-bond acceptors (Lipinski definition) is 6. The Kier molecular flexibility index (Phi) is 5.52. The molecule has 0 unspecified atom stereocenters. The van der Waals surface area contributed by atoms with Crippen LogP contribution in [0.3, 0.4) is 0 Å². The summed E-state index contributed by atoms with van der Waals surface area (Å²) in [4.78, 5) is 22.6. The molecule has 1 aliphatic rings. The van der Waals surface area contributed by atoms with Crippen molar-refractivity contribution in [2.45, 2.75) is 17.9 Å². The van der Waals surface area contributed by atoms with E-state index in [9.17, 15) is 22.4 Å². The number of ether oxygens (including phenoxy) is 2. The van der Waals surface area contributed by atoms with Crippen LogP contribution in [0, 0.1) is 5.82 Å². The van der Waals surface area contributed by atoms with Gasteiger partial charge < -0.3 is 15.2 Å². The maximum atomic E-state index is 13.9. The second-order valence-electron chi connectivity index (χ2n) is 5.11. The van der Waals surface area contributed by atoms with Crippen LogP contribution in [0.4, 0.5) is 4.39 Å². The van der Waals surface area contributed by atoms with Gasteiger partial charge in [-0.05, 0) is 25.1 Å². The fourth-order valence-corrected chi connectivity index (χ4v) is 3.47. The van der Waals surface area contributed by atoms with E-state index < -0.39 is 39.4 Å². The average molecular weight is 360 g/mol. The summed E-state index contributed by atoms with van der Waals surface area (Å²) >= 11 is 0. The molecule has 0 spiro atoms. The molecule has 8 nitrogen and oxygen atoms in total. The summed E-state index contributed by atoms with van der Waals surface area (Å²) in [6.07, 6.45) is -1.27. The van der Waals surface area contributed by atoms with Crippen LogP contribution in [0.1, 0.15) is 17.3 Å². The smallest absolute Gasteiger partial charge is 0.341 e. The van der Waals surface area contributed by atoms with Crippen molar-refractivity contribution >= 4 is 21.9 Å². The van der Waals surface area contributed by atoms with Crippen LogP contribution < -0.4 is 5.73 Å². The van der Waals surface area contributed by atoms with E-state index in [2.05, 4.69) is 0 Å². The van der Waals surface area contributed by atoms with Gasteiger partial charge in [-0.3, -0.25) is 4.79 Å². The van der Waals surface area contributed by atoms with Crippen molar-refractivity contribution in [1.29, 1.82) is 0 Å². The molecule has 0 bridgehead atoms. The standard InChI is InChI=1S/C14H17FN2O6S/c1-9(13(16)18)23-14(19)11-8-10(2-3-12(11)15)24(20,21)17-4-6-22-7-5-17/h2-3,8-9H,4-7H2,1H3,(H2,16,18)/t9-/m1/s1. The van der Waals surface area contributed by atoms with Crippen LogP contribution in [0.2, 0.25) is 0 Å². The number of benzene rings is 1. The summed E-state index contributed by atoms with van der Waals surface area (Å²) in [6, 6.07) is 2.81. The second kappa shape index (κ2) is 7.24. The molecule has 10 heteroatoms. The van der Waals surface area contributed by atoms with E-state index in [1.807, 2.05) is 0 Å². The van der Waals surface area contributed by atoms with Crippen LogP contribution in [0.25, 0.3) is 0 Å². The molecule has 1 saturated heterocycles. The monoisotopic (exact) mass is 360 g/mol. The summed E-state index contributed by atoms with van der Waals surface area (Å²) in [7, 11) is -3.89. The van der Waals surface area contributed by atoms with Gasteiger partial charge in [0.1, 0.15) is 5.82 Å². The number of esters is 1. The third-order valence-electron chi connectivity index (χ3n) is 3.45. The number of primary amides is 1. The third-order valence-corrected chi connectivity index (χ3v) is 5.34. The van der Waals surface area contributed by atoms with Crippen molar-refractivity contribution in [2.24, 2.45) is 5.73 Å². The van der Waals surface area contributed by atoms with Crippen LogP contribution in [-0.2, 0) is 24.3 Å². The molecular weight excluding hydrogens is 343 g/mol. The Balaban J connectivity index is 2.31. The summed E-state index contributed by atoms with van der Waals surface area (Å²) < 4.78 is 49.9. The largest absolute Gasteiger partial charge is 0.449 e. The summed E-state index contributed by atoms with van der Waals surface area (Å²) in [5, 5.41) is 0. The van der Waals surface area contributed by atoms with E-state index in [4.69, 9.17) is 15.2 Å².